The molecule has 2 aromatic heterocycles. The van der Waals surface area contributed by atoms with Crippen molar-refractivity contribution in [2.75, 3.05) is 24.5 Å². The summed E-state index contributed by atoms with van der Waals surface area (Å²) in [5, 5.41) is 3.52. The number of anilines is 1. The van der Waals surface area contributed by atoms with Crippen LogP contribution in [0.5, 0.6) is 0 Å². The van der Waals surface area contributed by atoms with E-state index >= 15 is 0 Å². The van der Waals surface area contributed by atoms with Gasteiger partial charge in [0.2, 0.25) is 0 Å². The van der Waals surface area contributed by atoms with E-state index in [4.69, 9.17) is 5.73 Å². The van der Waals surface area contributed by atoms with E-state index in [0.717, 1.165) is 6.07 Å². The Bertz CT molecular complexity index is 563. The molecule has 0 aliphatic heterocycles. The smallest absolute Gasteiger partial charge is 0.354 e. The maximum absolute atomic E-state index is 12.7. The van der Waals surface area contributed by atoms with Gasteiger partial charge in [0.1, 0.15) is 5.52 Å². The summed E-state index contributed by atoms with van der Waals surface area (Å²) in [6, 6.07) is 1.00. The lowest BCUT2D eigenvalue weighted by molar-refractivity contribution is -0.141. The second-order valence-electron chi connectivity index (χ2n) is 3.98. The first-order valence-corrected chi connectivity index (χ1v) is 5.84. The molecule has 0 saturated carbocycles. The van der Waals surface area contributed by atoms with E-state index in [1.807, 2.05) is 11.8 Å². The third kappa shape index (κ3) is 2.62. The first-order valence-electron chi connectivity index (χ1n) is 5.84. The highest BCUT2D eigenvalue weighted by Gasteiger charge is 2.34. The number of likely N-dealkylation sites (N-methyl/N-ethyl adjacent to an activating group) is 1. The molecule has 0 radical (unpaired) electrons. The van der Waals surface area contributed by atoms with Gasteiger partial charge in [-0.1, -0.05) is 0 Å². The molecule has 0 aliphatic rings. The van der Waals surface area contributed by atoms with Crippen LogP contribution in [0.4, 0.5) is 19.0 Å². The molecular weight excluding hydrogens is 259 g/mol. The Balaban J connectivity index is 2.53. The van der Waals surface area contributed by atoms with Crippen LogP contribution in [0, 0.1) is 0 Å². The summed E-state index contributed by atoms with van der Waals surface area (Å²) in [5.74, 6) is 0.457. The standard InChI is InChI=1S/C11H14F3N5/c1-2-18(5-3-15)10-8-7-9(11(12,13)14)17-19(8)6-4-16-10/h4,6-7H,2-3,5,15H2,1H3. The van der Waals surface area contributed by atoms with Gasteiger partial charge in [0.15, 0.2) is 11.5 Å². The van der Waals surface area contributed by atoms with E-state index < -0.39 is 11.9 Å². The molecule has 2 N–H and O–H groups in total. The highest BCUT2D eigenvalue weighted by molar-refractivity contribution is 5.69. The molecule has 0 aliphatic carbocycles. The van der Waals surface area contributed by atoms with E-state index in [-0.39, 0.29) is 0 Å². The molecule has 0 unspecified atom stereocenters. The van der Waals surface area contributed by atoms with Crippen molar-refractivity contribution in [3.8, 4) is 0 Å². The van der Waals surface area contributed by atoms with Crippen LogP contribution in [-0.4, -0.2) is 34.2 Å². The molecule has 0 atom stereocenters. The molecule has 2 aromatic rings. The lowest BCUT2D eigenvalue weighted by atomic mass is 10.3. The van der Waals surface area contributed by atoms with Crippen molar-refractivity contribution >= 4 is 11.3 Å². The predicted molar refractivity (Wildman–Crippen MR) is 64.9 cm³/mol. The van der Waals surface area contributed by atoms with Gasteiger partial charge in [0.05, 0.1) is 0 Å². The van der Waals surface area contributed by atoms with Crippen LogP contribution in [-0.2, 0) is 6.18 Å². The number of nitrogens with two attached hydrogens (primary N) is 1. The summed E-state index contributed by atoms with van der Waals surface area (Å²) >= 11 is 0. The SMILES string of the molecule is CCN(CCN)c1nccn2nc(C(F)(F)F)cc12. The van der Waals surface area contributed by atoms with Crippen LogP contribution in [0.2, 0.25) is 0 Å². The van der Waals surface area contributed by atoms with Crippen molar-refractivity contribution in [1.29, 1.82) is 0 Å². The molecule has 104 valence electrons. The van der Waals surface area contributed by atoms with Crippen LogP contribution >= 0.6 is 0 Å². The van der Waals surface area contributed by atoms with Crippen molar-refractivity contribution in [2.24, 2.45) is 5.73 Å². The number of halogens is 3. The van der Waals surface area contributed by atoms with Crippen molar-refractivity contribution in [3.63, 3.8) is 0 Å². The molecule has 5 nitrogen and oxygen atoms in total. The maximum Gasteiger partial charge on any atom is 0.435 e. The summed E-state index contributed by atoms with van der Waals surface area (Å²) in [4.78, 5) is 5.95. The zero-order valence-corrected chi connectivity index (χ0v) is 10.4. The van der Waals surface area contributed by atoms with Gasteiger partial charge in [-0.15, -0.1) is 0 Å². The summed E-state index contributed by atoms with van der Waals surface area (Å²) < 4.78 is 39.2. The third-order valence-electron chi connectivity index (χ3n) is 2.74. The lowest BCUT2D eigenvalue weighted by Crippen LogP contribution is -2.30. The normalized spacial score (nSPS) is 12.1. The third-order valence-corrected chi connectivity index (χ3v) is 2.74. The number of hydrogen-bond donors (Lipinski definition) is 1. The molecule has 0 aromatic carbocycles. The van der Waals surface area contributed by atoms with E-state index in [0.29, 0.717) is 31.0 Å². The molecule has 2 rings (SSSR count). The molecule has 0 bridgehead atoms. The Morgan fingerprint density at radius 1 is 1.42 bits per heavy atom. The molecule has 0 amide bonds. The number of hydrogen-bond acceptors (Lipinski definition) is 4. The highest BCUT2D eigenvalue weighted by Crippen LogP contribution is 2.30. The Morgan fingerprint density at radius 2 is 2.16 bits per heavy atom. The monoisotopic (exact) mass is 273 g/mol. The summed E-state index contributed by atoms with van der Waals surface area (Å²) in [6.07, 6.45) is -1.65. The molecular formula is C11H14F3N5. The molecule has 8 heteroatoms. The first kappa shape index (κ1) is 13.6. The van der Waals surface area contributed by atoms with E-state index in [9.17, 15) is 13.2 Å². The van der Waals surface area contributed by atoms with Gasteiger partial charge in [-0.2, -0.15) is 18.3 Å². The van der Waals surface area contributed by atoms with Gasteiger partial charge in [-0.3, -0.25) is 0 Å². The number of rotatable bonds is 4. The van der Waals surface area contributed by atoms with Crippen molar-refractivity contribution in [3.05, 3.63) is 24.2 Å². The maximum atomic E-state index is 12.7. The van der Waals surface area contributed by atoms with E-state index in [1.54, 1.807) is 0 Å². The minimum Gasteiger partial charge on any atom is -0.354 e. The van der Waals surface area contributed by atoms with Crippen LogP contribution < -0.4 is 10.6 Å². The van der Waals surface area contributed by atoms with Crippen LogP contribution in [0.25, 0.3) is 5.52 Å². The van der Waals surface area contributed by atoms with Gasteiger partial charge in [0.25, 0.3) is 0 Å². The van der Waals surface area contributed by atoms with Crippen LogP contribution in [0.3, 0.4) is 0 Å². The van der Waals surface area contributed by atoms with Crippen LogP contribution in [0.15, 0.2) is 18.5 Å². The van der Waals surface area contributed by atoms with Gasteiger partial charge in [-0.25, -0.2) is 9.50 Å². The number of aromatic nitrogens is 3. The largest absolute Gasteiger partial charge is 0.435 e. The Kier molecular flexibility index (Phi) is 3.61. The molecule has 0 saturated heterocycles. The number of nitrogens with zero attached hydrogens (tertiary/aromatic N) is 4. The predicted octanol–water partition coefficient (Wildman–Crippen LogP) is 1.53. The number of fused-ring (bicyclic) bond motifs is 1. The summed E-state index contributed by atoms with van der Waals surface area (Å²) in [5.41, 5.74) is 4.89. The van der Waals surface area contributed by atoms with E-state index in [1.165, 1.54) is 16.9 Å². The first-order chi connectivity index (χ1) is 8.97. The molecule has 19 heavy (non-hydrogen) atoms. The minimum atomic E-state index is -4.46. The van der Waals surface area contributed by atoms with Crippen molar-refractivity contribution in [2.45, 2.75) is 13.1 Å². The molecule has 0 spiro atoms. The van der Waals surface area contributed by atoms with Crippen molar-refractivity contribution in [1.82, 2.24) is 14.6 Å². The van der Waals surface area contributed by atoms with Gasteiger partial charge >= 0.3 is 6.18 Å². The van der Waals surface area contributed by atoms with Gasteiger partial charge in [0, 0.05) is 38.1 Å². The zero-order chi connectivity index (χ0) is 14.0. The lowest BCUT2D eigenvalue weighted by Gasteiger charge is -2.21. The number of alkyl halides is 3. The zero-order valence-electron chi connectivity index (χ0n) is 10.4. The molecule has 0 fully saturated rings. The Morgan fingerprint density at radius 3 is 2.74 bits per heavy atom. The fourth-order valence-corrected chi connectivity index (χ4v) is 1.86. The van der Waals surface area contributed by atoms with E-state index in [2.05, 4.69) is 10.1 Å². The quantitative estimate of drug-likeness (QED) is 0.917. The van der Waals surface area contributed by atoms with Gasteiger partial charge in [-0.05, 0) is 6.92 Å². The minimum absolute atomic E-state index is 0.324. The second-order valence-corrected chi connectivity index (χ2v) is 3.98. The fraction of sp³-hybridized carbons (Fsp3) is 0.455. The topological polar surface area (TPSA) is 59.5 Å². The second kappa shape index (κ2) is 5.04. The Labute approximate surface area is 107 Å². The van der Waals surface area contributed by atoms with Crippen molar-refractivity contribution < 1.29 is 13.2 Å². The molecule has 2 heterocycles. The fourth-order valence-electron chi connectivity index (χ4n) is 1.86. The van der Waals surface area contributed by atoms with Crippen LogP contribution in [0.1, 0.15) is 12.6 Å². The summed E-state index contributed by atoms with van der Waals surface area (Å²) in [7, 11) is 0. The highest BCUT2D eigenvalue weighted by atomic mass is 19.4. The average Bonchev–Trinajstić information content (AvgIpc) is 2.79. The summed E-state index contributed by atoms with van der Waals surface area (Å²) in [6.45, 7) is 3.42. The average molecular weight is 273 g/mol. The Hall–Kier alpha value is -1.83. The van der Waals surface area contributed by atoms with Gasteiger partial charge < -0.3 is 10.6 Å².